The lowest BCUT2D eigenvalue weighted by Crippen LogP contribution is -2.33. The number of benzene rings is 1. The van der Waals surface area contributed by atoms with Gasteiger partial charge in [-0.2, -0.15) is 0 Å². The van der Waals surface area contributed by atoms with E-state index in [0.717, 1.165) is 34.4 Å². The topological polar surface area (TPSA) is 29.1 Å². The van der Waals surface area contributed by atoms with Gasteiger partial charge >= 0.3 is 0 Å². The third kappa shape index (κ3) is 3.09. The maximum atomic E-state index is 12.1. The van der Waals surface area contributed by atoms with Gasteiger partial charge in [-0.25, -0.2) is 0 Å². The van der Waals surface area contributed by atoms with Gasteiger partial charge in [-0.05, 0) is 55.9 Å². The number of rotatable bonds is 2. The molecular formula is C14H18BrNO. The van der Waals surface area contributed by atoms with E-state index < -0.39 is 0 Å². The van der Waals surface area contributed by atoms with E-state index >= 15 is 0 Å². The van der Waals surface area contributed by atoms with Crippen molar-refractivity contribution in [2.75, 3.05) is 0 Å². The average Bonchev–Trinajstić information content (AvgIpc) is 2.63. The fraction of sp³-hybridized carbons (Fsp3) is 0.500. The SMILES string of the molecule is Cc1cc(Br)ccc1C(=O)NC1CCC(C)C1. The molecule has 3 heteroatoms. The first-order valence-electron chi connectivity index (χ1n) is 6.13. The van der Waals surface area contributed by atoms with E-state index in [1.165, 1.54) is 6.42 Å². The van der Waals surface area contributed by atoms with Crippen molar-refractivity contribution in [3.8, 4) is 0 Å². The Morgan fingerprint density at radius 2 is 2.18 bits per heavy atom. The fourth-order valence-corrected chi connectivity index (χ4v) is 2.96. The summed E-state index contributed by atoms with van der Waals surface area (Å²) in [5.74, 6) is 0.806. The lowest BCUT2D eigenvalue weighted by Gasteiger charge is -2.13. The molecule has 0 aromatic heterocycles. The van der Waals surface area contributed by atoms with E-state index in [-0.39, 0.29) is 5.91 Å². The molecule has 1 aliphatic carbocycles. The molecule has 0 aliphatic heterocycles. The first kappa shape index (κ1) is 12.6. The second-order valence-corrected chi connectivity index (χ2v) is 5.96. The van der Waals surface area contributed by atoms with Crippen LogP contribution >= 0.6 is 15.9 Å². The molecule has 92 valence electrons. The standard InChI is InChI=1S/C14H18BrNO/c1-9-3-5-12(7-9)16-14(17)13-6-4-11(15)8-10(13)2/h4,6,8-9,12H,3,5,7H2,1-2H3,(H,16,17). The summed E-state index contributed by atoms with van der Waals surface area (Å²) in [5.41, 5.74) is 1.80. The van der Waals surface area contributed by atoms with Crippen LogP contribution in [-0.2, 0) is 0 Å². The van der Waals surface area contributed by atoms with Crippen molar-refractivity contribution >= 4 is 21.8 Å². The van der Waals surface area contributed by atoms with E-state index in [1.807, 2.05) is 25.1 Å². The molecule has 0 spiro atoms. The molecule has 0 bridgehead atoms. The van der Waals surface area contributed by atoms with Crippen LogP contribution in [0.1, 0.15) is 42.1 Å². The van der Waals surface area contributed by atoms with Crippen molar-refractivity contribution in [3.05, 3.63) is 33.8 Å². The summed E-state index contributed by atoms with van der Waals surface area (Å²) in [6.45, 7) is 4.22. The van der Waals surface area contributed by atoms with Crippen LogP contribution in [0.4, 0.5) is 0 Å². The quantitative estimate of drug-likeness (QED) is 0.886. The highest BCUT2D eigenvalue weighted by Crippen LogP contribution is 2.25. The zero-order chi connectivity index (χ0) is 12.4. The van der Waals surface area contributed by atoms with Crippen molar-refractivity contribution in [2.24, 2.45) is 5.92 Å². The number of aryl methyl sites for hydroxylation is 1. The Morgan fingerprint density at radius 1 is 1.41 bits per heavy atom. The maximum Gasteiger partial charge on any atom is 0.251 e. The Kier molecular flexibility index (Phi) is 3.87. The molecule has 2 unspecified atom stereocenters. The van der Waals surface area contributed by atoms with E-state index in [0.29, 0.717) is 6.04 Å². The molecule has 1 aliphatic rings. The minimum Gasteiger partial charge on any atom is -0.349 e. The molecule has 0 heterocycles. The van der Waals surface area contributed by atoms with E-state index in [9.17, 15) is 4.79 Å². The van der Waals surface area contributed by atoms with Crippen LogP contribution in [0.2, 0.25) is 0 Å². The molecule has 0 saturated heterocycles. The molecule has 17 heavy (non-hydrogen) atoms. The summed E-state index contributed by atoms with van der Waals surface area (Å²) in [5, 5.41) is 3.13. The molecule has 2 rings (SSSR count). The highest BCUT2D eigenvalue weighted by Gasteiger charge is 2.23. The van der Waals surface area contributed by atoms with Crippen LogP contribution in [0.5, 0.6) is 0 Å². The van der Waals surface area contributed by atoms with Crippen LogP contribution < -0.4 is 5.32 Å². The van der Waals surface area contributed by atoms with Gasteiger partial charge in [0.15, 0.2) is 0 Å². The minimum absolute atomic E-state index is 0.0640. The number of carbonyl (C=O) groups excluding carboxylic acids is 1. The minimum atomic E-state index is 0.0640. The van der Waals surface area contributed by atoms with Crippen molar-refractivity contribution < 1.29 is 4.79 Å². The molecule has 1 aromatic rings. The molecule has 1 N–H and O–H groups in total. The average molecular weight is 296 g/mol. The molecule has 2 atom stereocenters. The predicted octanol–water partition coefficient (Wildman–Crippen LogP) is 3.68. The summed E-state index contributed by atoms with van der Waals surface area (Å²) >= 11 is 3.41. The Morgan fingerprint density at radius 3 is 2.76 bits per heavy atom. The van der Waals surface area contributed by atoms with Crippen molar-refractivity contribution in [1.82, 2.24) is 5.32 Å². The summed E-state index contributed by atoms with van der Waals surface area (Å²) in [7, 11) is 0. The zero-order valence-corrected chi connectivity index (χ0v) is 11.9. The second-order valence-electron chi connectivity index (χ2n) is 5.05. The number of hydrogen-bond acceptors (Lipinski definition) is 1. The highest BCUT2D eigenvalue weighted by molar-refractivity contribution is 9.10. The summed E-state index contributed by atoms with van der Waals surface area (Å²) in [4.78, 5) is 12.1. The van der Waals surface area contributed by atoms with Gasteiger partial charge in [0, 0.05) is 16.1 Å². The molecular weight excluding hydrogens is 278 g/mol. The first-order chi connectivity index (χ1) is 8.06. The Labute approximate surface area is 111 Å². The fourth-order valence-electron chi connectivity index (χ4n) is 2.48. The maximum absolute atomic E-state index is 12.1. The predicted molar refractivity (Wildman–Crippen MR) is 73.1 cm³/mol. The van der Waals surface area contributed by atoms with Gasteiger partial charge in [-0.3, -0.25) is 4.79 Å². The monoisotopic (exact) mass is 295 g/mol. The van der Waals surface area contributed by atoms with Gasteiger partial charge in [-0.1, -0.05) is 22.9 Å². The summed E-state index contributed by atoms with van der Waals surface area (Å²) in [6.07, 6.45) is 3.45. The Bertz CT molecular complexity index is 430. The lowest BCUT2D eigenvalue weighted by atomic mass is 10.1. The third-order valence-corrected chi connectivity index (χ3v) is 3.96. The first-order valence-corrected chi connectivity index (χ1v) is 6.92. The number of amides is 1. The second kappa shape index (κ2) is 5.21. The molecule has 1 saturated carbocycles. The largest absolute Gasteiger partial charge is 0.349 e. The van der Waals surface area contributed by atoms with Gasteiger partial charge in [0.2, 0.25) is 0 Å². The van der Waals surface area contributed by atoms with Gasteiger partial charge in [-0.15, -0.1) is 0 Å². The number of nitrogens with one attached hydrogen (secondary N) is 1. The van der Waals surface area contributed by atoms with Gasteiger partial charge in [0.05, 0.1) is 0 Å². The smallest absolute Gasteiger partial charge is 0.251 e. The lowest BCUT2D eigenvalue weighted by molar-refractivity contribution is 0.0936. The van der Waals surface area contributed by atoms with Crippen molar-refractivity contribution in [3.63, 3.8) is 0 Å². The number of carbonyl (C=O) groups is 1. The molecule has 1 aromatic carbocycles. The highest BCUT2D eigenvalue weighted by atomic mass is 79.9. The van der Waals surface area contributed by atoms with Crippen molar-refractivity contribution in [1.29, 1.82) is 0 Å². The van der Waals surface area contributed by atoms with Crippen LogP contribution in [0.3, 0.4) is 0 Å². The molecule has 1 fully saturated rings. The Hall–Kier alpha value is -0.830. The van der Waals surface area contributed by atoms with Crippen molar-refractivity contribution in [2.45, 2.75) is 39.2 Å². The zero-order valence-electron chi connectivity index (χ0n) is 10.3. The van der Waals surface area contributed by atoms with Gasteiger partial charge < -0.3 is 5.32 Å². The third-order valence-electron chi connectivity index (χ3n) is 3.46. The van der Waals surface area contributed by atoms with Gasteiger partial charge in [0.1, 0.15) is 0 Å². The van der Waals surface area contributed by atoms with Crippen LogP contribution in [0, 0.1) is 12.8 Å². The number of hydrogen-bond donors (Lipinski definition) is 1. The van der Waals surface area contributed by atoms with E-state index in [1.54, 1.807) is 0 Å². The van der Waals surface area contributed by atoms with Crippen LogP contribution in [0.15, 0.2) is 22.7 Å². The van der Waals surface area contributed by atoms with Gasteiger partial charge in [0.25, 0.3) is 5.91 Å². The summed E-state index contributed by atoms with van der Waals surface area (Å²) < 4.78 is 1.01. The molecule has 1 amide bonds. The molecule has 0 radical (unpaired) electrons. The van der Waals surface area contributed by atoms with Crippen LogP contribution in [0.25, 0.3) is 0 Å². The summed E-state index contributed by atoms with van der Waals surface area (Å²) in [6, 6.07) is 6.14. The Balaban J connectivity index is 2.04. The van der Waals surface area contributed by atoms with E-state index in [2.05, 4.69) is 28.2 Å². The van der Waals surface area contributed by atoms with E-state index in [4.69, 9.17) is 0 Å². The number of halogens is 1. The molecule has 2 nitrogen and oxygen atoms in total. The normalized spacial score (nSPS) is 23.7. The van der Waals surface area contributed by atoms with Crippen LogP contribution in [-0.4, -0.2) is 11.9 Å².